The van der Waals surface area contributed by atoms with Gasteiger partial charge < -0.3 is 19.8 Å². The van der Waals surface area contributed by atoms with E-state index in [1.165, 1.54) is 10.4 Å². The Bertz CT molecular complexity index is 1330. The van der Waals surface area contributed by atoms with E-state index < -0.39 is 27.8 Å². The number of carbonyl (C=O) groups excluding carboxylic acids is 1. The zero-order valence-electron chi connectivity index (χ0n) is 22.8. The molecule has 2 aromatic rings. The maximum absolute atomic E-state index is 13.7. The van der Waals surface area contributed by atoms with Crippen molar-refractivity contribution >= 4 is 15.9 Å². The molecule has 0 saturated heterocycles. The van der Waals surface area contributed by atoms with Crippen LogP contribution in [-0.2, 0) is 21.2 Å². The molecule has 39 heavy (non-hydrogen) atoms. The molecule has 210 valence electrons. The van der Waals surface area contributed by atoms with Crippen LogP contribution < -0.4 is 4.74 Å². The molecule has 1 fully saturated rings. The smallest absolute Gasteiger partial charge is 0.247 e. The number of ether oxygens (including phenoxy) is 1. The van der Waals surface area contributed by atoms with Crippen LogP contribution in [0.15, 0.2) is 53.4 Å². The Morgan fingerprint density at radius 1 is 1.21 bits per heavy atom. The van der Waals surface area contributed by atoms with Crippen molar-refractivity contribution in [1.82, 2.24) is 9.21 Å². The summed E-state index contributed by atoms with van der Waals surface area (Å²) in [7, 11) is -2.27. The van der Waals surface area contributed by atoms with Crippen molar-refractivity contribution in [3.8, 4) is 17.6 Å². The zero-order valence-corrected chi connectivity index (χ0v) is 23.7. The molecular weight excluding hydrogens is 516 g/mol. The summed E-state index contributed by atoms with van der Waals surface area (Å²) in [5, 5.41) is 20.5. The van der Waals surface area contributed by atoms with Crippen molar-refractivity contribution in [2.24, 2.45) is 5.92 Å². The average molecular weight is 555 g/mol. The largest absolute Gasteiger partial charge is 0.487 e. The fourth-order valence-corrected chi connectivity index (χ4v) is 6.90. The van der Waals surface area contributed by atoms with Crippen LogP contribution in [-0.4, -0.2) is 78.2 Å². The highest BCUT2D eigenvalue weighted by Gasteiger charge is 2.38. The molecule has 0 aromatic heterocycles. The average Bonchev–Trinajstić information content (AvgIpc) is 3.36. The van der Waals surface area contributed by atoms with E-state index in [1.54, 1.807) is 31.0 Å². The Kier molecular flexibility index (Phi) is 9.02. The van der Waals surface area contributed by atoms with Gasteiger partial charge in [0.05, 0.1) is 19.6 Å². The van der Waals surface area contributed by atoms with Gasteiger partial charge in [-0.1, -0.05) is 49.1 Å². The number of nitrogens with zero attached hydrogens (tertiary/aromatic N) is 2. The zero-order chi connectivity index (χ0) is 28.2. The first kappa shape index (κ1) is 29.1. The van der Waals surface area contributed by atoms with Crippen molar-refractivity contribution in [2.75, 3.05) is 26.7 Å². The Balaban J connectivity index is 1.66. The maximum Gasteiger partial charge on any atom is 0.247 e. The molecule has 2 aromatic carbocycles. The standard InChI is InChI=1S/C30H38N2O6S/c1-22-19-32(23(2)21-33)39(36,37)28-12-11-25(13-16-30(35)14-7-8-15-30)17-26(28)38-27(22)20-31(3)29(34)18-24-9-5-4-6-10-24/h4-6,9-12,17,22-23,27,33,35H,7-8,14-15,18-21H2,1-3H3/t22-,23-,27+/m1/s1. The predicted octanol–water partition coefficient (Wildman–Crippen LogP) is 2.81. The van der Waals surface area contributed by atoms with Crippen LogP contribution in [0, 0.1) is 17.8 Å². The minimum Gasteiger partial charge on any atom is -0.487 e. The van der Waals surface area contributed by atoms with E-state index in [1.807, 2.05) is 37.3 Å². The number of rotatable bonds is 6. The van der Waals surface area contributed by atoms with E-state index in [2.05, 4.69) is 11.8 Å². The number of likely N-dealkylation sites (N-methyl/N-ethyl adjacent to an activating group) is 1. The first-order valence-corrected chi connectivity index (χ1v) is 14.9. The van der Waals surface area contributed by atoms with E-state index in [0.29, 0.717) is 18.4 Å². The number of aliphatic hydroxyl groups excluding tert-OH is 1. The van der Waals surface area contributed by atoms with Crippen LogP contribution in [0.2, 0.25) is 0 Å². The van der Waals surface area contributed by atoms with Crippen LogP contribution in [0.1, 0.15) is 50.7 Å². The molecule has 0 unspecified atom stereocenters. The second-order valence-corrected chi connectivity index (χ2v) is 12.7. The molecule has 9 heteroatoms. The van der Waals surface area contributed by atoms with Gasteiger partial charge in [-0.05, 0) is 56.4 Å². The first-order chi connectivity index (χ1) is 18.5. The van der Waals surface area contributed by atoms with Crippen LogP contribution in [0.25, 0.3) is 0 Å². The summed E-state index contributed by atoms with van der Waals surface area (Å²) < 4.78 is 35.0. The van der Waals surface area contributed by atoms with E-state index >= 15 is 0 Å². The van der Waals surface area contributed by atoms with Gasteiger partial charge in [-0.2, -0.15) is 4.31 Å². The van der Waals surface area contributed by atoms with Crippen molar-refractivity contribution in [1.29, 1.82) is 0 Å². The van der Waals surface area contributed by atoms with Crippen molar-refractivity contribution in [3.05, 3.63) is 59.7 Å². The molecule has 1 amide bonds. The van der Waals surface area contributed by atoms with E-state index in [4.69, 9.17) is 4.74 Å². The van der Waals surface area contributed by atoms with Gasteiger partial charge in [-0.3, -0.25) is 4.79 Å². The van der Waals surface area contributed by atoms with Crippen LogP contribution in [0.4, 0.5) is 0 Å². The molecule has 0 radical (unpaired) electrons. The van der Waals surface area contributed by atoms with Crippen molar-refractivity contribution < 1.29 is 28.2 Å². The Labute approximate surface area is 231 Å². The molecule has 1 heterocycles. The molecule has 2 aliphatic rings. The van der Waals surface area contributed by atoms with Gasteiger partial charge in [0.25, 0.3) is 0 Å². The topological polar surface area (TPSA) is 107 Å². The normalized spacial score (nSPS) is 22.8. The lowest BCUT2D eigenvalue weighted by Gasteiger charge is -2.37. The molecule has 2 N–H and O–H groups in total. The molecule has 0 spiro atoms. The van der Waals surface area contributed by atoms with Gasteiger partial charge in [0.15, 0.2) is 0 Å². The van der Waals surface area contributed by atoms with Crippen LogP contribution in [0.5, 0.6) is 5.75 Å². The number of sulfonamides is 1. The quantitative estimate of drug-likeness (QED) is 0.532. The summed E-state index contributed by atoms with van der Waals surface area (Å²) in [6.07, 6.45) is 2.82. The lowest BCUT2D eigenvalue weighted by Crippen LogP contribution is -2.50. The van der Waals surface area contributed by atoms with Gasteiger partial charge in [0.2, 0.25) is 15.9 Å². The fraction of sp³-hybridized carbons (Fsp3) is 0.500. The molecule has 8 nitrogen and oxygen atoms in total. The summed E-state index contributed by atoms with van der Waals surface area (Å²) in [5.74, 6) is 5.75. The van der Waals surface area contributed by atoms with Gasteiger partial charge in [-0.15, -0.1) is 0 Å². The monoisotopic (exact) mass is 554 g/mol. The molecule has 1 aliphatic carbocycles. The summed E-state index contributed by atoms with van der Waals surface area (Å²) >= 11 is 0. The maximum atomic E-state index is 13.7. The number of benzene rings is 2. The molecule has 1 aliphatic heterocycles. The second-order valence-electron chi connectivity index (χ2n) is 10.8. The molecular formula is C30H38N2O6S. The SMILES string of the molecule is C[C@@H]1CN([C@H](C)CO)S(=O)(=O)c2ccc(C#CC3(O)CCCC3)cc2O[C@H]1CN(C)C(=O)Cc1ccccc1. The number of amides is 1. The third kappa shape index (κ3) is 6.82. The second kappa shape index (κ2) is 12.1. The number of aliphatic hydroxyl groups is 2. The summed E-state index contributed by atoms with van der Waals surface area (Å²) in [6, 6.07) is 13.5. The number of hydrogen-bond donors (Lipinski definition) is 2. The number of fused-ring (bicyclic) bond motifs is 1. The number of carbonyl (C=O) groups is 1. The third-order valence-corrected chi connectivity index (χ3v) is 9.63. The number of hydrogen-bond acceptors (Lipinski definition) is 6. The fourth-order valence-electron chi connectivity index (χ4n) is 5.07. The Hall–Kier alpha value is -2.90. The Morgan fingerprint density at radius 3 is 2.56 bits per heavy atom. The summed E-state index contributed by atoms with van der Waals surface area (Å²) in [4.78, 5) is 14.6. The molecule has 1 saturated carbocycles. The highest BCUT2D eigenvalue weighted by molar-refractivity contribution is 7.89. The van der Waals surface area contributed by atoms with E-state index in [-0.39, 0.29) is 48.6 Å². The van der Waals surface area contributed by atoms with Gasteiger partial charge >= 0.3 is 0 Å². The Morgan fingerprint density at radius 2 is 1.90 bits per heavy atom. The molecule has 4 rings (SSSR count). The third-order valence-electron chi connectivity index (χ3n) is 7.62. The van der Waals surface area contributed by atoms with Gasteiger partial charge in [-0.25, -0.2) is 8.42 Å². The molecule has 3 atom stereocenters. The lowest BCUT2D eigenvalue weighted by atomic mass is 10.0. The minimum atomic E-state index is -3.99. The van der Waals surface area contributed by atoms with E-state index in [0.717, 1.165) is 18.4 Å². The van der Waals surface area contributed by atoms with Crippen LogP contribution >= 0.6 is 0 Å². The minimum absolute atomic E-state index is 0.0110. The van der Waals surface area contributed by atoms with Crippen molar-refractivity contribution in [3.63, 3.8) is 0 Å². The molecule has 0 bridgehead atoms. The summed E-state index contributed by atoms with van der Waals surface area (Å²) in [6.45, 7) is 3.60. The highest BCUT2D eigenvalue weighted by Crippen LogP contribution is 2.34. The highest BCUT2D eigenvalue weighted by atomic mass is 32.2. The van der Waals surface area contributed by atoms with E-state index in [9.17, 15) is 23.4 Å². The van der Waals surface area contributed by atoms with Gasteiger partial charge in [0, 0.05) is 31.1 Å². The first-order valence-electron chi connectivity index (χ1n) is 13.5. The summed E-state index contributed by atoms with van der Waals surface area (Å²) in [5.41, 5.74) is 0.419. The predicted molar refractivity (Wildman–Crippen MR) is 149 cm³/mol. The lowest BCUT2D eigenvalue weighted by molar-refractivity contribution is -0.130. The van der Waals surface area contributed by atoms with Crippen LogP contribution in [0.3, 0.4) is 0 Å². The van der Waals surface area contributed by atoms with Crippen molar-refractivity contribution in [2.45, 2.75) is 68.6 Å². The van der Waals surface area contributed by atoms with Gasteiger partial charge in [0.1, 0.15) is 22.4 Å².